The molecular weight excluding hydrogens is 238 g/mol. The first-order valence-corrected chi connectivity index (χ1v) is 7.04. The van der Waals surface area contributed by atoms with Crippen molar-refractivity contribution < 1.29 is 9.53 Å². The molecule has 1 fully saturated rings. The van der Waals surface area contributed by atoms with Gasteiger partial charge in [-0.15, -0.1) is 0 Å². The molecule has 0 aromatic heterocycles. The van der Waals surface area contributed by atoms with Crippen LogP contribution < -0.4 is 4.74 Å². The molecule has 1 aromatic carbocycles. The van der Waals surface area contributed by atoms with E-state index in [1.165, 1.54) is 19.3 Å². The summed E-state index contributed by atoms with van der Waals surface area (Å²) in [6, 6.07) is 7.73. The average Bonchev–Trinajstić information content (AvgIpc) is 2.46. The molecule has 0 radical (unpaired) electrons. The molecule has 1 aliphatic rings. The molecular formula is C16H23NO2. The minimum atomic E-state index is 0.112. The van der Waals surface area contributed by atoms with Crippen LogP contribution in [0.3, 0.4) is 0 Å². The van der Waals surface area contributed by atoms with Gasteiger partial charge in [0.2, 0.25) is 0 Å². The van der Waals surface area contributed by atoms with E-state index in [9.17, 15) is 4.79 Å². The number of carbonyl (C=O) groups is 1. The molecule has 1 saturated carbocycles. The van der Waals surface area contributed by atoms with Crippen molar-refractivity contribution in [2.75, 3.05) is 14.2 Å². The van der Waals surface area contributed by atoms with Gasteiger partial charge in [-0.2, -0.15) is 0 Å². The fourth-order valence-electron chi connectivity index (χ4n) is 2.96. The summed E-state index contributed by atoms with van der Waals surface area (Å²) in [4.78, 5) is 14.4. The molecule has 3 heteroatoms. The molecule has 0 heterocycles. The van der Waals surface area contributed by atoms with E-state index in [-0.39, 0.29) is 5.91 Å². The molecule has 2 unspecified atom stereocenters. The molecule has 0 saturated heterocycles. The maximum atomic E-state index is 12.5. The number of amides is 1. The molecule has 0 aliphatic heterocycles. The number of carbonyl (C=O) groups excluding carboxylic acids is 1. The number of nitrogens with zero attached hydrogens (tertiary/aromatic N) is 1. The van der Waals surface area contributed by atoms with Gasteiger partial charge in [0.1, 0.15) is 5.75 Å². The van der Waals surface area contributed by atoms with Gasteiger partial charge in [-0.05, 0) is 43.0 Å². The number of hydrogen-bond donors (Lipinski definition) is 0. The first-order chi connectivity index (χ1) is 9.13. The molecule has 2 atom stereocenters. The van der Waals surface area contributed by atoms with Crippen LogP contribution >= 0.6 is 0 Å². The van der Waals surface area contributed by atoms with E-state index in [0.29, 0.717) is 12.0 Å². The number of hydrogen-bond acceptors (Lipinski definition) is 2. The smallest absolute Gasteiger partial charge is 0.253 e. The van der Waals surface area contributed by atoms with Crippen molar-refractivity contribution in [1.29, 1.82) is 0 Å². The predicted molar refractivity (Wildman–Crippen MR) is 76.5 cm³/mol. The van der Waals surface area contributed by atoms with E-state index in [2.05, 4.69) is 6.92 Å². The van der Waals surface area contributed by atoms with Crippen LogP contribution in [0.5, 0.6) is 5.75 Å². The molecule has 2 rings (SSSR count). The summed E-state index contributed by atoms with van der Waals surface area (Å²) in [6.45, 7) is 2.25. The zero-order valence-corrected chi connectivity index (χ0v) is 12.1. The fourth-order valence-corrected chi connectivity index (χ4v) is 2.96. The number of methoxy groups -OCH3 is 1. The lowest BCUT2D eigenvalue weighted by molar-refractivity contribution is 0.0629. The third-order valence-corrected chi connectivity index (χ3v) is 4.22. The number of rotatable bonds is 3. The number of ether oxygens (including phenoxy) is 1. The van der Waals surface area contributed by atoms with Gasteiger partial charge in [0.05, 0.1) is 7.11 Å². The predicted octanol–water partition coefficient (Wildman–Crippen LogP) is 3.35. The van der Waals surface area contributed by atoms with E-state index < -0.39 is 0 Å². The van der Waals surface area contributed by atoms with Crippen LogP contribution in [-0.4, -0.2) is 31.0 Å². The Morgan fingerprint density at radius 3 is 2.42 bits per heavy atom. The van der Waals surface area contributed by atoms with Crippen LogP contribution in [0.2, 0.25) is 0 Å². The van der Waals surface area contributed by atoms with Gasteiger partial charge in [0, 0.05) is 18.7 Å². The second kappa shape index (κ2) is 6.09. The molecule has 3 nitrogen and oxygen atoms in total. The third kappa shape index (κ3) is 3.09. The Hall–Kier alpha value is -1.51. The second-order valence-corrected chi connectivity index (χ2v) is 5.47. The highest BCUT2D eigenvalue weighted by Gasteiger charge is 2.28. The maximum Gasteiger partial charge on any atom is 0.253 e. The van der Waals surface area contributed by atoms with Crippen LogP contribution in [0.1, 0.15) is 43.0 Å². The Morgan fingerprint density at radius 1 is 1.21 bits per heavy atom. The number of benzene rings is 1. The lowest BCUT2D eigenvalue weighted by Gasteiger charge is -2.36. The minimum Gasteiger partial charge on any atom is -0.497 e. The van der Waals surface area contributed by atoms with Crippen molar-refractivity contribution in [3.05, 3.63) is 29.8 Å². The molecule has 19 heavy (non-hydrogen) atoms. The Morgan fingerprint density at radius 2 is 1.84 bits per heavy atom. The Balaban J connectivity index is 2.08. The molecule has 1 aliphatic carbocycles. The van der Waals surface area contributed by atoms with Crippen molar-refractivity contribution >= 4 is 5.91 Å². The summed E-state index contributed by atoms with van der Waals surface area (Å²) in [7, 11) is 3.56. The van der Waals surface area contributed by atoms with Crippen LogP contribution in [0.15, 0.2) is 24.3 Å². The summed E-state index contributed by atoms with van der Waals surface area (Å²) in [5.41, 5.74) is 0.737. The van der Waals surface area contributed by atoms with Gasteiger partial charge in [-0.1, -0.05) is 19.8 Å². The second-order valence-electron chi connectivity index (χ2n) is 5.47. The standard InChI is InChI=1S/C16H23NO2/c1-12-6-4-5-7-15(12)17(2)16(18)13-8-10-14(19-3)11-9-13/h8-12,15H,4-7H2,1-3H3. The topological polar surface area (TPSA) is 29.5 Å². The van der Waals surface area contributed by atoms with Gasteiger partial charge >= 0.3 is 0 Å². The van der Waals surface area contributed by atoms with Gasteiger partial charge in [0.25, 0.3) is 5.91 Å². The SMILES string of the molecule is COc1ccc(C(=O)N(C)C2CCCCC2C)cc1. The molecule has 1 aromatic rings. The molecule has 0 spiro atoms. The third-order valence-electron chi connectivity index (χ3n) is 4.22. The van der Waals surface area contributed by atoms with E-state index >= 15 is 0 Å². The van der Waals surface area contributed by atoms with Gasteiger partial charge in [0.15, 0.2) is 0 Å². The summed E-state index contributed by atoms with van der Waals surface area (Å²) in [5, 5.41) is 0. The summed E-state index contributed by atoms with van der Waals surface area (Å²) in [6.07, 6.45) is 4.88. The normalized spacial score (nSPS) is 22.9. The average molecular weight is 261 g/mol. The van der Waals surface area contributed by atoms with Crippen molar-refractivity contribution in [1.82, 2.24) is 4.90 Å². The maximum absolute atomic E-state index is 12.5. The Kier molecular flexibility index (Phi) is 4.46. The summed E-state index contributed by atoms with van der Waals surface area (Å²) >= 11 is 0. The first-order valence-electron chi connectivity index (χ1n) is 7.04. The van der Waals surface area contributed by atoms with Crippen LogP contribution in [0.4, 0.5) is 0 Å². The highest BCUT2D eigenvalue weighted by Crippen LogP contribution is 2.28. The van der Waals surface area contributed by atoms with Gasteiger partial charge in [-0.3, -0.25) is 4.79 Å². The monoisotopic (exact) mass is 261 g/mol. The van der Waals surface area contributed by atoms with Crippen molar-refractivity contribution in [3.63, 3.8) is 0 Å². The molecule has 0 N–H and O–H groups in total. The lowest BCUT2D eigenvalue weighted by Crippen LogP contribution is -2.42. The van der Waals surface area contributed by atoms with Crippen molar-refractivity contribution in [3.8, 4) is 5.75 Å². The van der Waals surface area contributed by atoms with Crippen LogP contribution in [0, 0.1) is 5.92 Å². The quantitative estimate of drug-likeness (QED) is 0.835. The van der Waals surface area contributed by atoms with Gasteiger partial charge in [-0.25, -0.2) is 0 Å². The molecule has 104 valence electrons. The van der Waals surface area contributed by atoms with Crippen molar-refractivity contribution in [2.45, 2.75) is 38.6 Å². The Bertz CT molecular complexity index is 427. The van der Waals surface area contributed by atoms with E-state index in [4.69, 9.17) is 4.74 Å². The Labute approximate surface area is 115 Å². The largest absolute Gasteiger partial charge is 0.497 e. The lowest BCUT2D eigenvalue weighted by atomic mass is 9.85. The minimum absolute atomic E-state index is 0.112. The molecule has 0 bridgehead atoms. The highest BCUT2D eigenvalue weighted by atomic mass is 16.5. The van der Waals surface area contributed by atoms with E-state index in [1.54, 1.807) is 7.11 Å². The van der Waals surface area contributed by atoms with Crippen molar-refractivity contribution in [2.24, 2.45) is 5.92 Å². The van der Waals surface area contributed by atoms with E-state index in [0.717, 1.165) is 17.7 Å². The highest BCUT2D eigenvalue weighted by molar-refractivity contribution is 5.94. The van der Waals surface area contributed by atoms with Crippen LogP contribution in [0.25, 0.3) is 0 Å². The van der Waals surface area contributed by atoms with Gasteiger partial charge < -0.3 is 9.64 Å². The first kappa shape index (κ1) is 13.9. The fraction of sp³-hybridized carbons (Fsp3) is 0.562. The van der Waals surface area contributed by atoms with Crippen LogP contribution in [-0.2, 0) is 0 Å². The zero-order valence-electron chi connectivity index (χ0n) is 12.1. The van der Waals surface area contributed by atoms with E-state index in [1.807, 2.05) is 36.2 Å². The zero-order chi connectivity index (χ0) is 13.8. The summed E-state index contributed by atoms with van der Waals surface area (Å²) < 4.78 is 5.12. The summed E-state index contributed by atoms with van der Waals surface area (Å²) in [5.74, 6) is 1.49. The molecule has 1 amide bonds.